The van der Waals surface area contributed by atoms with Gasteiger partial charge in [-0.15, -0.1) is 0 Å². The number of ether oxygens (including phenoxy) is 1. The second-order valence-corrected chi connectivity index (χ2v) is 4.53. The molecule has 92 valence electrons. The van der Waals surface area contributed by atoms with Crippen molar-refractivity contribution in [2.24, 2.45) is 0 Å². The summed E-state index contributed by atoms with van der Waals surface area (Å²) in [6.07, 6.45) is 0.690. The molecular weight excluding hydrogens is 271 g/mol. The van der Waals surface area contributed by atoms with E-state index in [9.17, 15) is 4.79 Å². The summed E-state index contributed by atoms with van der Waals surface area (Å²) in [5, 5.41) is 1.03. The maximum atomic E-state index is 10.9. The summed E-state index contributed by atoms with van der Waals surface area (Å²) in [6, 6.07) is 12.4. The van der Waals surface area contributed by atoms with Crippen molar-refractivity contribution < 1.29 is 9.53 Å². The fourth-order valence-corrected chi connectivity index (χ4v) is 1.97. The van der Waals surface area contributed by atoms with Gasteiger partial charge in [0.25, 0.3) is 0 Å². The number of rotatable bonds is 4. The van der Waals surface area contributed by atoms with Crippen molar-refractivity contribution in [3.63, 3.8) is 0 Å². The number of hydrogen-bond acceptors (Lipinski definition) is 2. The van der Waals surface area contributed by atoms with Crippen LogP contribution in [0, 0.1) is 0 Å². The molecule has 0 aliphatic rings. The van der Waals surface area contributed by atoms with Crippen molar-refractivity contribution in [3.05, 3.63) is 63.6 Å². The van der Waals surface area contributed by atoms with Gasteiger partial charge >= 0.3 is 0 Å². The van der Waals surface area contributed by atoms with E-state index >= 15 is 0 Å². The fourth-order valence-electron chi connectivity index (χ4n) is 1.55. The van der Waals surface area contributed by atoms with Crippen LogP contribution >= 0.6 is 23.2 Å². The predicted molar refractivity (Wildman–Crippen MR) is 72.6 cm³/mol. The molecule has 2 nitrogen and oxygen atoms in total. The Labute approximate surface area is 115 Å². The maximum absolute atomic E-state index is 10.9. The summed E-state index contributed by atoms with van der Waals surface area (Å²) in [6.45, 7) is 0.335. The smallest absolute Gasteiger partial charge is 0.155 e. The van der Waals surface area contributed by atoms with Gasteiger partial charge in [-0.3, -0.25) is 4.79 Å². The molecule has 4 heteroatoms. The molecule has 0 aliphatic carbocycles. The molecule has 0 heterocycles. The first-order chi connectivity index (χ1) is 8.70. The Balaban J connectivity index is 2.15. The molecule has 0 spiro atoms. The van der Waals surface area contributed by atoms with E-state index in [1.807, 2.05) is 18.2 Å². The molecule has 0 atom stereocenters. The Morgan fingerprint density at radius 3 is 2.61 bits per heavy atom. The lowest BCUT2D eigenvalue weighted by molar-refractivity contribution is 0.111. The second kappa shape index (κ2) is 5.89. The van der Waals surface area contributed by atoms with Gasteiger partial charge in [0.05, 0.1) is 10.6 Å². The zero-order valence-electron chi connectivity index (χ0n) is 9.40. The number of halogens is 2. The molecule has 0 bridgehead atoms. The number of benzene rings is 2. The van der Waals surface area contributed by atoms with Gasteiger partial charge in [-0.1, -0.05) is 41.4 Å². The molecule has 0 aliphatic heterocycles. The van der Waals surface area contributed by atoms with E-state index in [-0.39, 0.29) is 0 Å². The lowest BCUT2D eigenvalue weighted by atomic mass is 10.2. The van der Waals surface area contributed by atoms with Crippen molar-refractivity contribution in [2.45, 2.75) is 6.61 Å². The summed E-state index contributed by atoms with van der Waals surface area (Å²) >= 11 is 11.8. The number of hydrogen-bond donors (Lipinski definition) is 0. The van der Waals surface area contributed by atoms with Crippen LogP contribution in [0.3, 0.4) is 0 Å². The van der Waals surface area contributed by atoms with Crippen molar-refractivity contribution in [1.29, 1.82) is 0 Å². The van der Waals surface area contributed by atoms with Gasteiger partial charge in [0.1, 0.15) is 12.4 Å². The van der Waals surface area contributed by atoms with E-state index in [2.05, 4.69) is 0 Å². The van der Waals surface area contributed by atoms with Crippen LogP contribution in [0.25, 0.3) is 0 Å². The third kappa shape index (κ3) is 3.03. The molecule has 2 aromatic rings. The van der Waals surface area contributed by atoms with Gasteiger partial charge in [0, 0.05) is 5.02 Å². The van der Waals surface area contributed by atoms with Crippen LogP contribution in [0.5, 0.6) is 5.75 Å². The van der Waals surface area contributed by atoms with Crippen LogP contribution in [0.1, 0.15) is 15.9 Å². The topological polar surface area (TPSA) is 26.3 Å². The van der Waals surface area contributed by atoms with E-state index in [1.165, 1.54) is 0 Å². The van der Waals surface area contributed by atoms with Gasteiger partial charge in [-0.25, -0.2) is 0 Å². The monoisotopic (exact) mass is 280 g/mol. The summed E-state index contributed by atoms with van der Waals surface area (Å²) in [5.41, 5.74) is 1.29. The molecule has 0 N–H and O–H groups in total. The Hall–Kier alpha value is -1.51. The van der Waals surface area contributed by atoms with Gasteiger partial charge < -0.3 is 4.74 Å². The molecular formula is C14H10Cl2O2. The van der Waals surface area contributed by atoms with Crippen LogP contribution in [0.2, 0.25) is 10.0 Å². The largest absolute Gasteiger partial charge is 0.488 e. The lowest BCUT2D eigenvalue weighted by Gasteiger charge is -2.09. The first-order valence-electron chi connectivity index (χ1n) is 5.31. The first-order valence-corrected chi connectivity index (χ1v) is 6.07. The highest BCUT2D eigenvalue weighted by atomic mass is 35.5. The van der Waals surface area contributed by atoms with Crippen LogP contribution in [0.4, 0.5) is 0 Å². The van der Waals surface area contributed by atoms with E-state index < -0.39 is 0 Å². The van der Waals surface area contributed by atoms with Crippen molar-refractivity contribution in [1.82, 2.24) is 0 Å². The van der Waals surface area contributed by atoms with Crippen molar-refractivity contribution in [3.8, 4) is 5.75 Å². The zero-order chi connectivity index (χ0) is 13.0. The Morgan fingerprint density at radius 1 is 1.11 bits per heavy atom. The summed E-state index contributed by atoms with van der Waals surface area (Å²) in [5.74, 6) is 0.470. The van der Waals surface area contributed by atoms with Gasteiger partial charge in [0.2, 0.25) is 0 Å². The average Bonchev–Trinajstić information content (AvgIpc) is 2.36. The highest BCUT2D eigenvalue weighted by Crippen LogP contribution is 2.25. The zero-order valence-corrected chi connectivity index (χ0v) is 10.9. The Morgan fingerprint density at radius 2 is 1.89 bits per heavy atom. The van der Waals surface area contributed by atoms with Gasteiger partial charge in [0.15, 0.2) is 6.29 Å². The minimum atomic E-state index is 0.335. The van der Waals surface area contributed by atoms with Crippen molar-refractivity contribution >= 4 is 29.5 Å². The van der Waals surface area contributed by atoms with E-state index in [0.717, 1.165) is 5.56 Å². The molecule has 0 radical (unpaired) electrons. The van der Waals surface area contributed by atoms with Crippen LogP contribution < -0.4 is 4.74 Å². The number of aldehydes is 1. The third-order valence-electron chi connectivity index (χ3n) is 2.41. The average molecular weight is 281 g/mol. The summed E-state index contributed by atoms with van der Waals surface area (Å²) < 4.78 is 5.58. The molecule has 0 amide bonds. The molecule has 2 aromatic carbocycles. The highest BCUT2D eigenvalue weighted by molar-refractivity contribution is 6.33. The molecule has 0 saturated heterocycles. The Kier molecular flexibility index (Phi) is 4.24. The second-order valence-electron chi connectivity index (χ2n) is 3.69. The molecule has 18 heavy (non-hydrogen) atoms. The van der Waals surface area contributed by atoms with Gasteiger partial charge in [-0.05, 0) is 29.8 Å². The maximum Gasteiger partial charge on any atom is 0.155 e. The van der Waals surface area contributed by atoms with Crippen LogP contribution in [-0.2, 0) is 6.61 Å². The molecule has 0 unspecified atom stereocenters. The SMILES string of the molecule is O=Cc1c(Cl)cccc1OCc1cccc(Cl)c1. The highest BCUT2D eigenvalue weighted by Gasteiger charge is 2.07. The number of carbonyl (C=O) groups is 1. The van der Waals surface area contributed by atoms with E-state index in [0.29, 0.717) is 34.3 Å². The molecule has 2 rings (SSSR count). The summed E-state index contributed by atoms with van der Waals surface area (Å²) in [4.78, 5) is 10.9. The molecule has 0 aromatic heterocycles. The minimum absolute atomic E-state index is 0.335. The van der Waals surface area contributed by atoms with Crippen LogP contribution in [-0.4, -0.2) is 6.29 Å². The van der Waals surface area contributed by atoms with Gasteiger partial charge in [-0.2, -0.15) is 0 Å². The van der Waals surface area contributed by atoms with E-state index in [4.69, 9.17) is 27.9 Å². The minimum Gasteiger partial charge on any atom is -0.488 e. The number of carbonyl (C=O) groups excluding carboxylic acids is 1. The first kappa shape index (κ1) is 12.9. The van der Waals surface area contributed by atoms with Crippen LogP contribution in [0.15, 0.2) is 42.5 Å². The standard InChI is InChI=1S/C14H10Cl2O2/c15-11-4-1-3-10(7-11)9-18-14-6-2-5-13(16)12(14)8-17/h1-8H,9H2. The Bertz CT molecular complexity index is 567. The lowest BCUT2D eigenvalue weighted by Crippen LogP contribution is -1.98. The summed E-state index contributed by atoms with van der Waals surface area (Å²) in [7, 11) is 0. The van der Waals surface area contributed by atoms with E-state index in [1.54, 1.807) is 24.3 Å². The molecule has 0 fully saturated rings. The normalized spacial score (nSPS) is 10.1. The third-order valence-corrected chi connectivity index (χ3v) is 2.98. The van der Waals surface area contributed by atoms with Crippen molar-refractivity contribution in [2.75, 3.05) is 0 Å². The molecule has 0 saturated carbocycles. The quantitative estimate of drug-likeness (QED) is 0.777. The fraction of sp³-hybridized carbons (Fsp3) is 0.0714. The predicted octanol–water partition coefficient (Wildman–Crippen LogP) is 4.38.